The fourth-order valence-corrected chi connectivity index (χ4v) is 1.62. The Balaban J connectivity index is 3.22. The Morgan fingerprint density at radius 3 is 2.33 bits per heavy atom. The first-order valence-corrected chi connectivity index (χ1v) is 4.59. The topological polar surface area (TPSA) is 0 Å². The van der Waals surface area contributed by atoms with Crippen LogP contribution in [0, 0.1) is 6.42 Å². The van der Waals surface area contributed by atoms with Crippen molar-refractivity contribution in [2.24, 2.45) is 0 Å². The molecule has 0 rings (SSSR count). The van der Waals surface area contributed by atoms with Crippen LogP contribution in [-0.2, 0) is 0 Å². The molecular formula is C8H17S. The first kappa shape index (κ1) is 9.35. The summed E-state index contributed by atoms with van der Waals surface area (Å²) in [7, 11) is 0. The van der Waals surface area contributed by atoms with E-state index in [-0.39, 0.29) is 0 Å². The summed E-state index contributed by atoms with van der Waals surface area (Å²) in [6.45, 7) is 8.89. The number of hydrogen-bond acceptors (Lipinski definition) is 1. The molecule has 0 saturated heterocycles. The lowest BCUT2D eigenvalue weighted by atomic mass is 10.4. The van der Waals surface area contributed by atoms with Gasteiger partial charge >= 0.3 is 0 Å². The van der Waals surface area contributed by atoms with Crippen LogP contribution in [-0.4, -0.2) is 10.5 Å². The lowest BCUT2D eigenvalue weighted by Gasteiger charge is -2.12. The highest BCUT2D eigenvalue weighted by Crippen LogP contribution is 2.20. The second-order valence-electron chi connectivity index (χ2n) is 2.39. The van der Waals surface area contributed by atoms with E-state index in [4.69, 9.17) is 0 Å². The van der Waals surface area contributed by atoms with Crippen LogP contribution in [0.5, 0.6) is 0 Å². The van der Waals surface area contributed by atoms with Crippen molar-refractivity contribution in [3.63, 3.8) is 0 Å². The molecule has 55 valence electrons. The van der Waals surface area contributed by atoms with E-state index >= 15 is 0 Å². The van der Waals surface area contributed by atoms with Crippen molar-refractivity contribution < 1.29 is 0 Å². The third kappa shape index (κ3) is 4.83. The van der Waals surface area contributed by atoms with Gasteiger partial charge in [-0.15, -0.1) is 0 Å². The van der Waals surface area contributed by atoms with Crippen LogP contribution >= 0.6 is 11.8 Å². The van der Waals surface area contributed by atoms with E-state index in [1.54, 1.807) is 0 Å². The zero-order chi connectivity index (χ0) is 7.28. The maximum Gasteiger partial charge on any atom is 0.00499 e. The van der Waals surface area contributed by atoms with E-state index in [1.807, 2.05) is 11.8 Å². The fraction of sp³-hybridized carbons (Fsp3) is 0.875. The summed E-state index contributed by atoms with van der Waals surface area (Å²) < 4.78 is 0. The quantitative estimate of drug-likeness (QED) is 0.585. The average Bonchev–Trinajstić information content (AvgIpc) is 1.87. The van der Waals surface area contributed by atoms with E-state index in [0.717, 1.165) is 10.5 Å². The third-order valence-electron chi connectivity index (χ3n) is 1.49. The van der Waals surface area contributed by atoms with Crippen molar-refractivity contribution in [3.8, 4) is 0 Å². The van der Waals surface area contributed by atoms with E-state index in [2.05, 4.69) is 34.1 Å². The molecule has 0 amide bonds. The molecule has 0 fully saturated rings. The smallest absolute Gasteiger partial charge is 0.00499 e. The minimum atomic E-state index is 0.722. The van der Waals surface area contributed by atoms with E-state index in [0.29, 0.717) is 0 Å². The minimum absolute atomic E-state index is 0.722. The molecule has 0 spiro atoms. The Morgan fingerprint density at radius 1 is 1.44 bits per heavy atom. The molecule has 0 aliphatic carbocycles. The predicted octanol–water partition coefficient (Wildman–Crippen LogP) is 3.13. The van der Waals surface area contributed by atoms with Crippen molar-refractivity contribution >= 4 is 11.8 Å². The highest BCUT2D eigenvalue weighted by Gasteiger charge is 2.03. The van der Waals surface area contributed by atoms with Gasteiger partial charge in [-0.3, -0.25) is 0 Å². The fourth-order valence-electron chi connectivity index (χ4n) is 0.541. The van der Waals surface area contributed by atoms with Crippen molar-refractivity contribution in [1.82, 2.24) is 0 Å². The van der Waals surface area contributed by atoms with Gasteiger partial charge in [-0.2, -0.15) is 11.8 Å². The van der Waals surface area contributed by atoms with Crippen LogP contribution in [0.1, 0.15) is 34.1 Å². The summed E-state index contributed by atoms with van der Waals surface area (Å²) in [6, 6.07) is 0. The molecule has 2 unspecified atom stereocenters. The van der Waals surface area contributed by atoms with Crippen LogP contribution in [0.15, 0.2) is 0 Å². The monoisotopic (exact) mass is 145 g/mol. The van der Waals surface area contributed by atoms with Gasteiger partial charge in [0.2, 0.25) is 0 Å². The van der Waals surface area contributed by atoms with Gasteiger partial charge in [0, 0.05) is 10.5 Å². The maximum atomic E-state index is 2.28. The van der Waals surface area contributed by atoms with Gasteiger partial charge in [-0.05, 0) is 12.8 Å². The molecule has 0 bridgehead atoms. The summed E-state index contributed by atoms with van der Waals surface area (Å²) in [6.07, 6.45) is 3.53. The Bertz CT molecular complexity index is 53.6. The molecule has 1 heteroatoms. The lowest BCUT2D eigenvalue weighted by molar-refractivity contribution is 0.897. The van der Waals surface area contributed by atoms with Gasteiger partial charge in [0.05, 0.1) is 0 Å². The molecule has 0 saturated carbocycles. The lowest BCUT2D eigenvalue weighted by Crippen LogP contribution is -2.02. The molecule has 0 aromatic rings. The summed E-state index contributed by atoms with van der Waals surface area (Å²) >= 11 is 2.04. The SMILES string of the molecule is C[CH]C(C)SC(C)CC. The number of thioether (sulfide) groups is 1. The van der Waals surface area contributed by atoms with E-state index in [1.165, 1.54) is 6.42 Å². The van der Waals surface area contributed by atoms with E-state index in [9.17, 15) is 0 Å². The second-order valence-corrected chi connectivity index (χ2v) is 4.21. The van der Waals surface area contributed by atoms with Crippen LogP contribution in [0.2, 0.25) is 0 Å². The molecule has 0 nitrogen and oxygen atoms in total. The maximum absolute atomic E-state index is 2.28. The zero-order valence-electron chi connectivity index (χ0n) is 6.85. The van der Waals surface area contributed by atoms with Gasteiger partial charge in [-0.25, -0.2) is 0 Å². The summed E-state index contributed by atoms with van der Waals surface area (Å²) in [5.41, 5.74) is 0. The summed E-state index contributed by atoms with van der Waals surface area (Å²) in [5, 5.41) is 1.54. The largest absolute Gasteiger partial charge is 0.155 e. The van der Waals surface area contributed by atoms with Crippen molar-refractivity contribution in [1.29, 1.82) is 0 Å². The van der Waals surface area contributed by atoms with Gasteiger partial charge in [0.1, 0.15) is 0 Å². The molecule has 9 heavy (non-hydrogen) atoms. The van der Waals surface area contributed by atoms with Crippen LogP contribution in [0.4, 0.5) is 0 Å². The summed E-state index contributed by atoms with van der Waals surface area (Å²) in [4.78, 5) is 0. The first-order chi connectivity index (χ1) is 4.20. The number of rotatable bonds is 4. The summed E-state index contributed by atoms with van der Waals surface area (Å²) in [5.74, 6) is 0. The van der Waals surface area contributed by atoms with Crippen LogP contribution < -0.4 is 0 Å². The molecule has 1 radical (unpaired) electrons. The molecule has 0 aliphatic rings. The normalized spacial score (nSPS) is 17.3. The Kier molecular flexibility index (Phi) is 5.36. The molecule has 2 atom stereocenters. The third-order valence-corrected chi connectivity index (χ3v) is 2.99. The Labute approximate surface area is 63.4 Å². The van der Waals surface area contributed by atoms with Gasteiger partial charge in [-0.1, -0.05) is 27.7 Å². The minimum Gasteiger partial charge on any atom is -0.155 e. The van der Waals surface area contributed by atoms with E-state index < -0.39 is 0 Å². The highest BCUT2D eigenvalue weighted by atomic mass is 32.2. The predicted molar refractivity (Wildman–Crippen MR) is 46.8 cm³/mol. The van der Waals surface area contributed by atoms with Crippen molar-refractivity contribution in [3.05, 3.63) is 6.42 Å². The Morgan fingerprint density at radius 2 is 2.00 bits per heavy atom. The highest BCUT2D eigenvalue weighted by molar-refractivity contribution is 8.00. The van der Waals surface area contributed by atoms with Crippen LogP contribution in [0.3, 0.4) is 0 Å². The molecule has 0 heterocycles. The standard InChI is InChI=1S/C8H17S/c1-5-7(3)9-8(4)6-2/h5,7-8H,6H2,1-4H3. The molecule has 0 aromatic heterocycles. The molecule has 0 aromatic carbocycles. The van der Waals surface area contributed by atoms with Gasteiger partial charge in [0.25, 0.3) is 0 Å². The zero-order valence-corrected chi connectivity index (χ0v) is 7.66. The molecule has 0 N–H and O–H groups in total. The number of hydrogen-bond donors (Lipinski definition) is 0. The van der Waals surface area contributed by atoms with Gasteiger partial charge < -0.3 is 0 Å². The Hall–Kier alpha value is 0.350. The average molecular weight is 145 g/mol. The second kappa shape index (κ2) is 5.16. The first-order valence-electron chi connectivity index (χ1n) is 3.65. The molecular weight excluding hydrogens is 128 g/mol. The van der Waals surface area contributed by atoms with Crippen molar-refractivity contribution in [2.45, 2.75) is 44.6 Å². The van der Waals surface area contributed by atoms with Gasteiger partial charge in [0.15, 0.2) is 0 Å². The molecule has 0 aliphatic heterocycles. The van der Waals surface area contributed by atoms with Crippen LogP contribution in [0.25, 0.3) is 0 Å². The van der Waals surface area contributed by atoms with Crippen molar-refractivity contribution in [2.75, 3.05) is 0 Å².